The van der Waals surface area contributed by atoms with Crippen molar-refractivity contribution >= 4 is 15.9 Å². The lowest BCUT2D eigenvalue weighted by molar-refractivity contribution is 0.462. The smallest absolute Gasteiger partial charge is 0.134 e. The predicted molar refractivity (Wildman–Crippen MR) is 62.3 cm³/mol. The summed E-state index contributed by atoms with van der Waals surface area (Å²) in [6.07, 6.45) is 2.52. The lowest BCUT2D eigenvalue weighted by Gasteiger charge is -2.12. The Balaban J connectivity index is 3.26. The molecule has 3 heteroatoms. The second-order valence-corrected chi connectivity index (χ2v) is 3.98. The molecule has 3 N–H and O–H groups in total. The quantitative estimate of drug-likeness (QED) is 0.817. The van der Waals surface area contributed by atoms with Crippen molar-refractivity contribution < 1.29 is 5.11 Å². The van der Waals surface area contributed by atoms with Crippen LogP contribution in [0.3, 0.4) is 0 Å². The Hall–Kier alpha value is -0.800. The van der Waals surface area contributed by atoms with Crippen LogP contribution in [-0.2, 0) is 6.42 Å². The van der Waals surface area contributed by atoms with Gasteiger partial charge in [-0.15, -0.1) is 6.58 Å². The van der Waals surface area contributed by atoms with E-state index in [1.54, 1.807) is 6.08 Å². The molecule has 0 aromatic heterocycles. The zero-order chi connectivity index (χ0) is 10.7. The van der Waals surface area contributed by atoms with E-state index in [0.29, 0.717) is 10.0 Å². The number of aryl methyl sites for hydroxylation is 1. The van der Waals surface area contributed by atoms with Crippen molar-refractivity contribution in [2.24, 2.45) is 5.73 Å². The monoisotopic (exact) mass is 255 g/mol. The van der Waals surface area contributed by atoms with E-state index in [-0.39, 0.29) is 11.8 Å². The summed E-state index contributed by atoms with van der Waals surface area (Å²) in [5, 5.41) is 9.74. The van der Waals surface area contributed by atoms with Gasteiger partial charge in [-0.25, -0.2) is 0 Å². The lowest BCUT2D eigenvalue weighted by atomic mass is 10.0. The summed E-state index contributed by atoms with van der Waals surface area (Å²) >= 11 is 3.30. The fraction of sp³-hybridized carbons (Fsp3) is 0.273. The normalized spacial score (nSPS) is 12.5. The molecule has 0 heterocycles. The molecular weight excluding hydrogens is 242 g/mol. The molecule has 1 aromatic rings. The van der Waals surface area contributed by atoms with Gasteiger partial charge >= 0.3 is 0 Å². The number of phenolic OH excluding ortho intramolecular Hbond substituents is 1. The van der Waals surface area contributed by atoms with Gasteiger partial charge in [-0.2, -0.15) is 0 Å². The number of nitrogens with two attached hydrogens (primary N) is 1. The third-order valence-corrected chi connectivity index (χ3v) is 2.78. The van der Waals surface area contributed by atoms with E-state index in [1.807, 2.05) is 12.1 Å². The predicted octanol–water partition coefficient (Wildman–Crippen LogP) is 2.90. The standard InChI is InChI=1S/C11H14BrNO/c1-3-7-5-8(10(13)4-2)11(14)9(12)6-7/h4-6,10,14H,2-3,13H2,1H3/t10-/m1/s1. The van der Waals surface area contributed by atoms with Crippen molar-refractivity contribution in [1.82, 2.24) is 0 Å². The van der Waals surface area contributed by atoms with Crippen molar-refractivity contribution in [3.05, 3.63) is 40.4 Å². The SMILES string of the molecule is C=C[C@@H](N)c1cc(CC)cc(Br)c1O. The Bertz CT molecular complexity index is 349. The van der Waals surface area contributed by atoms with Crippen molar-refractivity contribution in [2.45, 2.75) is 19.4 Å². The number of phenols is 1. The highest BCUT2D eigenvalue weighted by Crippen LogP contribution is 2.33. The maximum atomic E-state index is 9.74. The molecule has 0 radical (unpaired) electrons. The van der Waals surface area contributed by atoms with Gasteiger partial charge in [0, 0.05) is 5.56 Å². The zero-order valence-electron chi connectivity index (χ0n) is 8.13. The molecule has 2 nitrogen and oxygen atoms in total. The van der Waals surface area contributed by atoms with Gasteiger partial charge in [0.25, 0.3) is 0 Å². The van der Waals surface area contributed by atoms with Crippen molar-refractivity contribution in [3.8, 4) is 5.75 Å². The van der Waals surface area contributed by atoms with Crippen LogP contribution in [0, 0.1) is 0 Å². The first kappa shape index (κ1) is 11.3. The first-order valence-corrected chi connectivity index (χ1v) is 5.28. The summed E-state index contributed by atoms with van der Waals surface area (Å²) in [7, 11) is 0. The number of aromatic hydroxyl groups is 1. The molecule has 0 aliphatic carbocycles. The van der Waals surface area contributed by atoms with Gasteiger partial charge in [0.15, 0.2) is 0 Å². The molecule has 1 atom stereocenters. The number of hydrogen-bond donors (Lipinski definition) is 2. The highest BCUT2D eigenvalue weighted by atomic mass is 79.9. The van der Waals surface area contributed by atoms with Gasteiger partial charge in [-0.1, -0.05) is 19.1 Å². The maximum absolute atomic E-state index is 9.74. The Kier molecular flexibility index (Phi) is 3.72. The van der Waals surface area contributed by atoms with Crippen molar-refractivity contribution in [1.29, 1.82) is 0 Å². The Morgan fingerprint density at radius 1 is 1.64 bits per heavy atom. The summed E-state index contributed by atoms with van der Waals surface area (Å²) in [6, 6.07) is 3.49. The molecule has 0 saturated carbocycles. The van der Waals surface area contributed by atoms with Gasteiger partial charge in [0.2, 0.25) is 0 Å². The van der Waals surface area contributed by atoms with Crippen molar-refractivity contribution in [3.63, 3.8) is 0 Å². The van der Waals surface area contributed by atoms with Gasteiger partial charge in [-0.05, 0) is 34.0 Å². The van der Waals surface area contributed by atoms with E-state index in [0.717, 1.165) is 12.0 Å². The second-order valence-electron chi connectivity index (χ2n) is 3.13. The molecule has 76 valence electrons. The van der Waals surface area contributed by atoms with Gasteiger partial charge < -0.3 is 10.8 Å². The molecular formula is C11H14BrNO. The fourth-order valence-corrected chi connectivity index (χ4v) is 1.79. The Morgan fingerprint density at radius 3 is 2.79 bits per heavy atom. The van der Waals surface area contributed by atoms with Crippen LogP contribution in [0.1, 0.15) is 24.1 Å². The summed E-state index contributed by atoms with van der Waals surface area (Å²) in [6.45, 7) is 5.67. The van der Waals surface area contributed by atoms with Crippen LogP contribution >= 0.6 is 15.9 Å². The molecule has 0 bridgehead atoms. The van der Waals surface area contributed by atoms with E-state index in [9.17, 15) is 5.11 Å². The van der Waals surface area contributed by atoms with Crippen LogP contribution in [0.4, 0.5) is 0 Å². The average molecular weight is 256 g/mol. The topological polar surface area (TPSA) is 46.2 Å². The van der Waals surface area contributed by atoms with Crippen LogP contribution in [0.2, 0.25) is 0 Å². The van der Waals surface area contributed by atoms with Crippen LogP contribution < -0.4 is 5.73 Å². The number of rotatable bonds is 3. The molecule has 14 heavy (non-hydrogen) atoms. The van der Waals surface area contributed by atoms with Gasteiger partial charge in [-0.3, -0.25) is 0 Å². The second kappa shape index (κ2) is 4.62. The summed E-state index contributed by atoms with van der Waals surface area (Å²) in [4.78, 5) is 0. The van der Waals surface area contributed by atoms with E-state index >= 15 is 0 Å². The molecule has 0 fully saturated rings. The third kappa shape index (κ3) is 2.16. The van der Waals surface area contributed by atoms with Crippen LogP contribution in [0.15, 0.2) is 29.3 Å². The van der Waals surface area contributed by atoms with E-state index in [1.165, 1.54) is 0 Å². The van der Waals surface area contributed by atoms with Crippen LogP contribution in [-0.4, -0.2) is 5.11 Å². The Morgan fingerprint density at radius 2 is 2.29 bits per heavy atom. The molecule has 0 spiro atoms. The summed E-state index contributed by atoms with van der Waals surface area (Å²) < 4.78 is 0.684. The van der Waals surface area contributed by atoms with Crippen molar-refractivity contribution in [2.75, 3.05) is 0 Å². The molecule has 0 aliphatic rings. The first-order valence-electron chi connectivity index (χ1n) is 4.49. The summed E-state index contributed by atoms with van der Waals surface area (Å²) in [5.41, 5.74) is 7.64. The summed E-state index contributed by atoms with van der Waals surface area (Å²) in [5.74, 6) is 0.203. The minimum absolute atomic E-state index is 0.203. The number of halogens is 1. The molecule has 0 saturated heterocycles. The lowest BCUT2D eigenvalue weighted by Crippen LogP contribution is -2.07. The Labute approximate surface area is 92.6 Å². The minimum Gasteiger partial charge on any atom is -0.506 e. The molecule has 0 amide bonds. The average Bonchev–Trinajstić information content (AvgIpc) is 2.20. The van der Waals surface area contributed by atoms with E-state index < -0.39 is 0 Å². The first-order chi connectivity index (χ1) is 6.60. The number of benzene rings is 1. The highest BCUT2D eigenvalue weighted by molar-refractivity contribution is 9.10. The van der Waals surface area contributed by atoms with Crippen LogP contribution in [0.25, 0.3) is 0 Å². The molecule has 1 rings (SSSR count). The molecule has 1 aromatic carbocycles. The molecule has 0 aliphatic heterocycles. The largest absolute Gasteiger partial charge is 0.506 e. The van der Waals surface area contributed by atoms with E-state index in [4.69, 9.17) is 5.73 Å². The van der Waals surface area contributed by atoms with Crippen LogP contribution in [0.5, 0.6) is 5.75 Å². The van der Waals surface area contributed by atoms with Gasteiger partial charge in [0.1, 0.15) is 5.75 Å². The van der Waals surface area contributed by atoms with E-state index in [2.05, 4.69) is 29.4 Å². The fourth-order valence-electron chi connectivity index (χ4n) is 1.26. The minimum atomic E-state index is -0.321. The maximum Gasteiger partial charge on any atom is 0.134 e. The van der Waals surface area contributed by atoms with Gasteiger partial charge in [0.05, 0.1) is 10.5 Å². The third-order valence-electron chi connectivity index (χ3n) is 2.17. The zero-order valence-corrected chi connectivity index (χ0v) is 9.71. The highest BCUT2D eigenvalue weighted by Gasteiger charge is 2.11. The number of hydrogen-bond acceptors (Lipinski definition) is 2. The molecule has 0 unspecified atom stereocenters.